The number of furan rings is 1. The summed E-state index contributed by atoms with van der Waals surface area (Å²) in [4.78, 5) is 9.73. The Morgan fingerprint density at radius 1 is 0.709 bits per heavy atom. The first-order valence-electron chi connectivity index (χ1n) is 18.7. The van der Waals surface area contributed by atoms with Gasteiger partial charge >= 0.3 is 126 Å². The second-order valence-electron chi connectivity index (χ2n) is 15.2. The molecule has 3 aromatic heterocycles. The molecule has 0 aliphatic carbocycles. The largest absolute Gasteiger partial charge is 0.501 e. The van der Waals surface area contributed by atoms with Gasteiger partial charge in [-0.1, -0.05) is 83.7 Å². The zero-order valence-corrected chi connectivity index (χ0v) is 36.3. The Kier molecular flexibility index (Phi) is 11.4. The summed E-state index contributed by atoms with van der Waals surface area (Å²) in [5, 5.41) is 2.17. The fraction of sp³-hybridized carbons (Fsp3) is 0.143. The first-order chi connectivity index (χ1) is 26.2. The number of hydrogen-bond acceptors (Lipinski definition) is 3. The van der Waals surface area contributed by atoms with Gasteiger partial charge in [0.05, 0.1) is 22.4 Å². The van der Waals surface area contributed by atoms with E-state index >= 15 is 0 Å². The number of para-hydroxylation sites is 3. The quantitative estimate of drug-likeness (QED) is 0.118. The molecule has 275 valence electrons. The van der Waals surface area contributed by atoms with Crippen molar-refractivity contribution in [3.8, 4) is 39.5 Å². The normalized spacial score (nSPS) is 11.5. The van der Waals surface area contributed by atoms with Crippen molar-refractivity contribution in [1.82, 2.24) is 14.5 Å². The Labute approximate surface area is 340 Å². The minimum absolute atomic E-state index is 0. The van der Waals surface area contributed by atoms with Gasteiger partial charge in [-0.3, -0.25) is 4.98 Å². The topological polar surface area (TPSA) is 43.9 Å². The molecule has 6 heteroatoms. The Balaban J connectivity index is 0.000000191. The summed E-state index contributed by atoms with van der Waals surface area (Å²) < 4.78 is 10.1. The van der Waals surface area contributed by atoms with E-state index in [0.29, 0.717) is 5.92 Å². The molecule has 3 heterocycles. The fourth-order valence-electron chi connectivity index (χ4n) is 7.23. The van der Waals surface area contributed by atoms with Gasteiger partial charge in [0.1, 0.15) is 5.58 Å². The molecule has 0 spiro atoms. The molecule has 0 N–H and O–H groups in total. The van der Waals surface area contributed by atoms with Gasteiger partial charge < -0.3 is 8.98 Å². The Morgan fingerprint density at radius 2 is 1.42 bits per heavy atom. The first kappa shape index (κ1) is 38.2. The van der Waals surface area contributed by atoms with Crippen LogP contribution in [0.3, 0.4) is 0 Å². The van der Waals surface area contributed by atoms with Gasteiger partial charge in [0, 0.05) is 31.2 Å². The van der Waals surface area contributed by atoms with E-state index in [2.05, 4.69) is 133 Å². The number of fused-ring (bicyclic) bond motifs is 4. The molecule has 0 atom stereocenters. The molecule has 9 aromatic rings. The number of imidazole rings is 1. The number of benzene rings is 6. The maximum Gasteiger partial charge on any atom is 0.120 e. The van der Waals surface area contributed by atoms with Crippen LogP contribution in [-0.4, -0.2) is 27.8 Å². The summed E-state index contributed by atoms with van der Waals surface area (Å²) in [6.07, 6.45) is 3.27. The van der Waals surface area contributed by atoms with Gasteiger partial charge in [-0.25, -0.2) is 0 Å². The number of nitrogens with zero attached hydrogens (tertiary/aromatic N) is 3. The van der Waals surface area contributed by atoms with Crippen molar-refractivity contribution in [1.29, 1.82) is 0 Å². The van der Waals surface area contributed by atoms with E-state index in [9.17, 15) is 0 Å². The zero-order chi connectivity index (χ0) is 37.2. The molecule has 6 aromatic carbocycles. The monoisotopic (exact) mass is 956 g/mol. The molecule has 4 nitrogen and oxygen atoms in total. The molecular weight excluding hydrogens is 911 g/mol. The molecule has 0 saturated heterocycles. The number of rotatable bonds is 7. The van der Waals surface area contributed by atoms with E-state index in [0.717, 1.165) is 67.7 Å². The van der Waals surface area contributed by atoms with Gasteiger partial charge in [-0.15, -0.1) is 18.2 Å². The van der Waals surface area contributed by atoms with Gasteiger partial charge in [0.2, 0.25) is 0 Å². The molecule has 0 bridgehead atoms. The maximum absolute atomic E-state index is 6.32. The van der Waals surface area contributed by atoms with Crippen LogP contribution in [0.25, 0.3) is 72.4 Å². The third-order valence-corrected chi connectivity index (χ3v) is 14.1. The van der Waals surface area contributed by atoms with Crippen LogP contribution in [0.5, 0.6) is 0 Å². The van der Waals surface area contributed by atoms with E-state index in [-0.39, 0.29) is 20.1 Å². The van der Waals surface area contributed by atoms with Crippen LogP contribution in [-0.2, 0) is 26.5 Å². The minimum Gasteiger partial charge on any atom is -0.501 e. The van der Waals surface area contributed by atoms with Gasteiger partial charge in [-0.2, -0.15) is 0 Å². The van der Waals surface area contributed by atoms with Crippen LogP contribution in [0.2, 0.25) is 17.3 Å². The molecule has 9 rings (SSSR count). The van der Waals surface area contributed by atoms with E-state index in [1.165, 1.54) is 16.7 Å². The van der Waals surface area contributed by atoms with Crippen LogP contribution in [0, 0.1) is 18.1 Å². The summed E-state index contributed by atoms with van der Waals surface area (Å²) in [5.74, 6) is 8.81. The Hall–Kier alpha value is -5.07. The second-order valence-corrected chi connectivity index (χ2v) is 25.8. The van der Waals surface area contributed by atoms with Crippen molar-refractivity contribution in [3.63, 3.8) is 0 Å². The van der Waals surface area contributed by atoms with Gasteiger partial charge in [-0.05, 0) is 41.5 Å². The maximum atomic E-state index is 6.32. The first-order valence-corrected chi connectivity index (χ1v) is 26.0. The van der Waals surface area contributed by atoms with Crippen LogP contribution in [0.1, 0.15) is 19.4 Å². The standard InChI is InChI=1S/C31H19N2O.C18H24GeN.Ir/c1-2-9-21(10-3-1)22-17-19-23(20-18-22)33-28-15-6-5-14-27(28)32-31(33)26-13-8-12-25-24-11-4-7-16-29(24)34-30(25)26;1-14(2)11-16-12-18(15-9-7-6-8-10-15)20-13-17(16)19(3,4)5;/h1-12,14-20H;6-9,12-14H,11H2,1-5H3;/q2*-1;. The Bertz CT molecular complexity index is 2690. The third-order valence-electron chi connectivity index (χ3n) is 9.77. The van der Waals surface area contributed by atoms with Crippen molar-refractivity contribution < 1.29 is 24.5 Å². The summed E-state index contributed by atoms with van der Waals surface area (Å²) in [5.41, 5.74) is 11.6. The van der Waals surface area contributed by atoms with Gasteiger partial charge in [0.25, 0.3) is 0 Å². The number of pyridine rings is 1. The third kappa shape index (κ3) is 8.02. The average molecular weight is 955 g/mol. The van der Waals surface area contributed by atoms with Gasteiger partial charge in [0.15, 0.2) is 0 Å². The van der Waals surface area contributed by atoms with E-state index < -0.39 is 13.3 Å². The summed E-state index contributed by atoms with van der Waals surface area (Å²) in [7, 11) is 0. The second kappa shape index (κ2) is 16.3. The summed E-state index contributed by atoms with van der Waals surface area (Å²) in [6.45, 7) is 4.57. The van der Waals surface area contributed by atoms with E-state index in [1.54, 1.807) is 4.40 Å². The van der Waals surface area contributed by atoms with Crippen molar-refractivity contribution in [2.45, 2.75) is 37.5 Å². The summed E-state index contributed by atoms with van der Waals surface area (Å²) in [6, 6.07) is 56.5. The average Bonchev–Trinajstić information content (AvgIpc) is 3.77. The SMILES string of the molecule is CC(C)Cc1cc(-c2[c-]cccc2)nc[c]1[Ge]([CH3])([CH3])[CH3].[Ir].[c-]1ccc2c(oc3ccccc32)c1-c1nc2ccccc2n1-c1ccc(-c2ccccc2)cc1. The van der Waals surface area contributed by atoms with Crippen molar-refractivity contribution in [2.75, 3.05) is 0 Å². The smallest absolute Gasteiger partial charge is 0.120 e. The molecule has 0 aliphatic heterocycles. The van der Waals surface area contributed by atoms with E-state index in [4.69, 9.17) is 14.4 Å². The zero-order valence-electron chi connectivity index (χ0n) is 31.8. The van der Waals surface area contributed by atoms with Crippen LogP contribution in [0.15, 0.2) is 156 Å². The van der Waals surface area contributed by atoms with Crippen LogP contribution >= 0.6 is 0 Å². The number of hydrogen-bond donors (Lipinski definition) is 0. The van der Waals surface area contributed by atoms with Crippen LogP contribution < -0.4 is 4.40 Å². The molecule has 0 amide bonds. The molecular formula is C49H43GeIrN3O-2. The molecule has 55 heavy (non-hydrogen) atoms. The fourth-order valence-corrected chi connectivity index (χ4v) is 10.6. The minimum atomic E-state index is -1.86. The Morgan fingerprint density at radius 3 is 2.16 bits per heavy atom. The molecule has 1 radical (unpaired) electrons. The van der Waals surface area contributed by atoms with Crippen LogP contribution in [0.4, 0.5) is 0 Å². The number of aromatic nitrogens is 3. The molecule has 0 saturated carbocycles. The molecule has 0 fully saturated rings. The predicted octanol–water partition coefficient (Wildman–Crippen LogP) is 12.3. The predicted molar refractivity (Wildman–Crippen MR) is 228 cm³/mol. The molecule has 0 unspecified atom stereocenters. The van der Waals surface area contributed by atoms with Crippen molar-refractivity contribution in [3.05, 3.63) is 169 Å². The van der Waals surface area contributed by atoms with Crippen molar-refractivity contribution in [2.24, 2.45) is 5.92 Å². The van der Waals surface area contributed by atoms with Crippen molar-refractivity contribution >= 4 is 50.6 Å². The van der Waals surface area contributed by atoms with E-state index in [1.807, 2.05) is 66.7 Å². The molecule has 0 aliphatic rings. The summed E-state index contributed by atoms with van der Waals surface area (Å²) >= 11 is -1.86.